The highest BCUT2D eigenvalue weighted by molar-refractivity contribution is 6.29. The molecule has 0 radical (unpaired) electrons. The number of hydrogen-bond acceptors (Lipinski definition) is 2. The lowest BCUT2D eigenvalue weighted by atomic mass is 10.1. The minimum absolute atomic E-state index is 0.0235. The fourth-order valence-electron chi connectivity index (χ4n) is 2.26. The van der Waals surface area contributed by atoms with Crippen molar-refractivity contribution in [1.82, 2.24) is 9.88 Å². The van der Waals surface area contributed by atoms with E-state index in [1.165, 1.54) is 0 Å². The summed E-state index contributed by atoms with van der Waals surface area (Å²) >= 11 is 6.00. The Kier molecular flexibility index (Phi) is 6.29. The van der Waals surface area contributed by atoms with Crippen LogP contribution in [0.2, 0.25) is 5.15 Å². The Hall–Kier alpha value is -1.09. The third-order valence-electron chi connectivity index (χ3n) is 3.41. The van der Waals surface area contributed by atoms with Crippen molar-refractivity contribution in [2.45, 2.75) is 52.5 Å². The molecule has 0 fully saturated rings. The summed E-state index contributed by atoms with van der Waals surface area (Å²) in [5.74, 6) is 0.0235. The van der Waals surface area contributed by atoms with Gasteiger partial charge in [0, 0.05) is 24.3 Å². The standard InChI is InChI=1S/C15H23ClN2O/c1-5-8-12-9-11(10-14(16)17-12)15(19)18(4)13(6-2)7-3/h9-10,13H,5-8H2,1-4H3. The number of pyridine rings is 1. The van der Waals surface area contributed by atoms with Gasteiger partial charge in [-0.3, -0.25) is 4.79 Å². The lowest BCUT2D eigenvalue weighted by Gasteiger charge is -2.26. The van der Waals surface area contributed by atoms with Gasteiger partial charge in [0.15, 0.2) is 0 Å². The first-order valence-corrected chi connectivity index (χ1v) is 7.34. The van der Waals surface area contributed by atoms with Crippen LogP contribution in [0.15, 0.2) is 12.1 Å². The molecule has 1 rings (SSSR count). The van der Waals surface area contributed by atoms with Crippen LogP contribution in [0.5, 0.6) is 0 Å². The Morgan fingerprint density at radius 3 is 2.47 bits per heavy atom. The smallest absolute Gasteiger partial charge is 0.254 e. The summed E-state index contributed by atoms with van der Waals surface area (Å²) in [6.07, 6.45) is 3.75. The molecular formula is C15H23ClN2O. The van der Waals surface area contributed by atoms with Crippen LogP contribution in [0.3, 0.4) is 0 Å². The Morgan fingerprint density at radius 1 is 1.32 bits per heavy atom. The molecule has 0 atom stereocenters. The number of halogens is 1. The van der Waals surface area contributed by atoms with Crippen molar-refractivity contribution in [3.63, 3.8) is 0 Å². The number of nitrogens with zero attached hydrogens (tertiary/aromatic N) is 2. The van der Waals surface area contributed by atoms with Crippen LogP contribution in [0, 0.1) is 0 Å². The molecule has 0 aliphatic carbocycles. The second-order valence-electron chi connectivity index (χ2n) is 4.81. The van der Waals surface area contributed by atoms with E-state index in [9.17, 15) is 4.79 Å². The van der Waals surface area contributed by atoms with Crippen molar-refractivity contribution < 1.29 is 4.79 Å². The predicted octanol–water partition coefficient (Wildman–Crippen LogP) is 3.95. The van der Waals surface area contributed by atoms with E-state index in [4.69, 9.17) is 11.6 Å². The summed E-state index contributed by atoms with van der Waals surface area (Å²) in [6.45, 7) is 6.28. The molecular weight excluding hydrogens is 260 g/mol. The molecule has 1 aromatic heterocycles. The molecule has 0 aromatic carbocycles. The highest BCUT2D eigenvalue weighted by Crippen LogP contribution is 2.16. The molecule has 0 N–H and O–H groups in total. The van der Waals surface area contributed by atoms with Gasteiger partial charge in [-0.15, -0.1) is 0 Å². The van der Waals surface area contributed by atoms with Crippen LogP contribution in [-0.4, -0.2) is 28.9 Å². The maximum atomic E-state index is 12.5. The molecule has 1 aromatic rings. The molecule has 3 nitrogen and oxygen atoms in total. The van der Waals surface area contributed by atoms with Crippen LogP contribution in [0.1, 0.15) is 56.1 Å². The van der Waals surface area contributed by atoms with E-state index in [1.807, 2.05) is 13.1 Å². The van der Waals surface area contributed by atoms with Crippen LogP contribution in [0.4, 0.5) is 0 Å². The molecule has 19 heavy (non-hydrogen) atoms. The summed E-state index contributed by atoms with van der Waals surface area (Å²) in [4.78, 5) is 18.5. The number of rotatable bonds is 6. The molecule has 106 valence electrons. The van der Waals surface area contributed by atoms with Crippen LogP contribution < -0.4 is 0 Å². The SMILES string of the molecule is CCCc1cc(C(=O)N(C)C(CC)CC)cc(Cl)n1. The van der Waals surface area contributed by atoms with E-state index in [0.29, 0.717) is 10.7 Å². The second-order valence-corrected chi connectivity index (χ2v) is 5.19. The van der Waals surface area contributed by atoms with Crippen LogP contribution >= 0.6 is 11.6 Å². The Morgan fingerprint density at radius 2 is 1.95 bits per heavy atom. The summed E-state index contributed by atoms with van der Waals surface area (Å²) in [5.41, 5.74) is 1.52. The van der Waals surface area contributed by atoms with E-state index >= 15 is 0 Å². The second kappa shape index (κ2) is 7.49. The quantitative estimate of drug-likeness (QED) is 0.740. The van der Waals surface area contributed by atoms with E-state index < -0.39 is 0 Å². The van der Waals surface area contributed by atoms with E-state index in [2.05, 4.69) is 25.8 Å². The maximum absolute atomic E-state index is 12.5. The normalized spacial score (nSPS) is 10.8. The van der Waals surface area contributed by atoms with Crippen LogP contribution in [0.25, 0.3) is 0 Å². The summed E-state index contributed by atoms with van der Waals surface area (Å²) in [6, 6.07) is 3.78. The Labute approximate surface area is 121 Å². The lowest BCUT2D eigenvalue weighted by molar-refractivity contribution is 0.0723. The molecule has 1 heterocycles. The van der Waals surface area contributed by atoms with Gasteiger partial charge in [0.2, 0.25) is 0 Å². The largest absolute Gasteiger partial charge is 0.339 e. The summed E-state index contributed by atoms with van der Waals surface area (Å²) in [7, 11) is 1.85. The first kappa shape index (κ1) is 16.0. The van der Waals surface area contributed by atoms with Gasteiger partial charge in [0.25, 0.3) is 5.91 Å². The van der Waals surface area contributed by atoms with Crippen molar-refractivity contribution in [3.8, 4) is 0 Å². The first-order valence-electron chi connectivity index (χ1n) is 6.97. The number of carbonyl (C=O) groups is 1. The molecule has 0 aliphatic heterocycles. The van der Waals surface area contributed by atoms with Crippen LogP contribution in [-0.2, 0) is 6.42 Å². The minimum atomic E-state index is 0.0235. The molecule has 0 saturated heterocycles. The highest BCUT2D eigenvalue weighted by Gasteiger charge is 2.19. The zero-order chi connectivity index (χ0) is 14.4. The van der Waals surface area contributed by atoms with E-state index in [-0.39, 0.29) is 11.9 Å². The molecule has 0 spiro atoms. The monoisotopic (exact) mass is 282 g/mol. The van der Waals surface area contributed by atoms with E-state index in [1.54, 1.807) is 11.0 Å². The van der Waals surface area contributed by atoms with Gasteiger partial charge < -0.3 is 4.90 Å². The lowest BCUT2D eigenvalue weighted by Crippen LogP contribution is -2.36. The predicted molar refractivity (Wildman–Crippen MR) is 79.7 cm³/mol. The number of amides is 1. The molecule has 1 amide bonds. The molecule has 0 bridgehead atoms. The fourth-order valence-corrected chi connectivity index (χ4v) is 2.49. The van der Waals surface area contributed by atoms with Gasteiger partial charge in [-0.25, -0.2) is 4.98 Å². The summed E-state index contributed by atoms with van der Waals surface area (Å²) < 4.78 is 0. The average Bonchev–Trinajstić information content (AvgIpc) is 2.38. The molecule has 0 saturated carbocycles. The average molecular weight is 283 g/mol. The fraction of sp³-hybridized carbons (Fsp3) is 0.600. The van der Waals surface area contributed by atoms with E-state index in [0.717, 1.165) is 31.4 Å². The van der Waals surface area contributed by atoms with Crippen molar-refractivity contribution >= 4 is 17.5 Å². The zero-order valence-electron chi connectivity index (χ0n) is 12.2. The zero-order valence-corrected chi connectivity index (χ0v) is 13.0. The molecule has 4 heteroatoms. The van der Waals surface area contributed by atoms with Gasteiger partial charge in [-0.2, -0.15) is 0 Å². The number of carbonyl (C=O) groups excluding carboxylic acids is 1. The minimum Gasteiger partial charge on any atom is -0.339 e. The van der Waals surface area contributed by atoms with Gasteiger partial charge in [-0.05, 0) is 31.4 Å². The number of aromatic nitrogens is 1. The topological polar surface area (TPSA) is 33.2 Å². The molecule has 0 aliphatic rings. The van der Waals surface area contributed by atoms with Gasteiger partial charge >= 0.3 is 0 Å². The van der Waals surface area contributed by atoms with Crippen molar-refractivity contribution in [1.29, 1.82) is 0 Å². The first-order chi connectivity index (χ1) is 9.03. The Bertz CT molecular complexity index is 430. The molecule has 0 unspecified atom stereocenters. The Balaban J connectivity index is 2.98. The number of aryl methyl sites for hydroxylation is 1. The maximum Gasteiger partial charge on any atom is 0.254 e. The van der Waals surface area contributed by atoms with Gasteiger partial charge in [0.1, 0.15) is 5.15 Å². The third kappa shape index (κ3) is 4.20. The highest BCUT2D eigenvalue weighted by atomic mass is 35.5. The van der Waals surface area contributed by atoms with Crippen molar-refractivity contribution in [2.75, 3.05) is 7.05 Å². The van der Waals surface area contributed by atoms with Crippen molar-refractivity contribution in [3.05, 3.63) is 28.5 Å². The van der Waals surface area contributed by atoms with Gasteiger partial charge in [0.05, 0.1) is 0 Å². The summed E-state index contributed by atoms with van der Waals surface area (Å²) in [5, 5.41) is 0.396. The van der Waals surface area contributed by atoms with Gasteiger partial charge in [-0.1, -0.05) is 38.8 Å². The third-order valence-corrected chi connectivity index (χ3v) is 3.60. The van der Waals surface area contributed by atoms with Crippen molar-refractivity contribution in [2.24, 2.45) is 0 Å². The number of hydrogen-bond donors (Lipinski definition) is 0.